The molecule has 3 aromatic rings. The molecule has 1 heterocycles. The van der Waals surface area contributed by atoms with Crippen LogP contribution in [-0.4, -0.2) is 30.6 Å². The molecule has 138 valence electrons. The third-order valence-electron chi connectivity index (χ3n) is 3.89. The van der Waals surface area contributed by atoms with Gasteiger partial charge in [0.15, 0.2) is 6.61 Å². The highest BCUT2D eigenvalue weighted by Gasteiger charge is 2.09. The van der Waals surface area contributed by atoms with E-state index in [1.807, 2.05) is 36.4 Å². The van der Waals surface area contributed by atoms with Crippen molar-refractivity contribution in [1.82, 2.24) is 4.98 Å². The number of carbonyl (C=O) groups is 2. The van der Waals surface area contributed by atoms with E-state index in [-0.39, 0.29) is 13.0 Å². The van der Waals surface area contributed by atoms with E-state index in [4.69, 9.17) is 9.47 Å². The lowest BCUT2D eigenvalue weighted by atomic mass is 10.1. The van der Waals surface area contributed by atoms with Gasteiger partial charge in [-0.2, -0.15) is 0 Å². The standard InChI is InChI=1S/C21H19NO5/c1-25-21(24)14-27-20(23)12-15-6-10-18(11-7-15)26-13-17-9-8-16-4-2-3-5-19(16)22-17/h2-11H,12-14H2,1H3. The number of pyridine rings is 1. The van der Waals surface area contributed by atoms with E-state index < -0.39 is 11.9 Å². The first-order chi connectivity index (χ1) is 13.1. The lowest BCUT2D eigenvalue weighted by molar-refractivity contribution is -0.156. The van der Waals surface area contributed by atoms with E-state index in [1.54, 1.807) is 24.3 Å². The van der Waals surface area contributed by atoms with Gasteiger partial charge in [0, 0.05) is 5.39 Å². The maximum Gasteiger partial charge on any atom is 0.344 e. The Morgan fingerprint density at radius 1 is 0.926 bits per heavy atom. The van der Waals surface area contributed by atoms with Crippen molar-refractivity contribution in [2.24, 2.45) is 0 Å². The van der Waals surface area contributed by atoms with Crippen LogP contribution in [0.5, 0.6) is 5.75 Å². The quantitative estimate of drug-likeness (QED) is 0.599. The summed E-state index contributed by atoms with van der Waals surface area (Å²) in [7, 11) is 1.24. The fourth-order valence-electron chi connectivity index (χ4n) is 2.47. The second kappa shape index (κ2) is 8.80. The Morgan fingerprint density at radius 3 is 2.48 bits per heavy atom. The number of hydrogen-bond donors (Lipinski definition) is 0. The van der Waals surface area contributed by atoms with Gasteiger partial charge in [0.1, 0.15) is 12.4 Å². The molecule has 0 saturated heterocycles. The van der Waals surface area contributed by atoms with Crippen molar-refractivity contribution in [3.8, 4) is 5.75 Å². The minimum absolute atomic E-state index is 0.0729. The first-order valence-corrected chi connectivity index (χ1v) is 8.43. The first-order valence-electron chi connectivity index (χ1n) is 8.43. The highest BCUT2D eigenvalue weighted by Crippen LogP contribution is 2.16. The zero-order chi connectivity index (χ0) is 19.1. The SMILES string of the molecule is COC(=O)COC(=O)Cc1ccc(OCc2ccc3ccccc3n2)cc1. The van der Waals surface area contributed by atoms with Crippen LogP contribution in [0.3, 0.4) is 0 Å². The second-order valence-corrected chi connectivity index (χ2v) is 5.84. The molecule has 0 fully saturated rings. The molecule has 0 atom stereocenters. The fourth-order valence-corrected chi connectivity index (χ4v) is 2.47. The number of fused-ring (bicyclic) bond motifs is 1. The smallest absolute Gasteiger partial charge is 0.344 e. The van der Waals surface area contributed by atoms with E-state index in [0.29, 0.717) is 12.4 Å². The number of methoxy groups -OCH3 is 1. The van der Waals surface area contributed by atoms with Crippen molar-refractivity contribution >= 4 is 22.8 Å². The van der Waals surface area contributed by atoms with Crippen LogP contribution in [0, 0.1) is 0 Å². The van der Waals surface area contributed by atoms with Crippen LogP contribution in [0.15, 0.2) is 60.7 Å². The van der Waals surface area contributed by atoms with Crippen LogP contribution < -0.4 is 4.74 Å². The molecule has 3 rings (SSSR count). The third kappa shape index (κ3) is 5.28. The molecular formula is C21H19NO5. The molecule has 1 aromatic heterocycles. The van der Waals surface area contributed by atoms with Crippen LogP contribution in [0.25, 0.3) is 10.9 Å². The van der Waals surface area contributed by atoms with E-state index in [0.717, 1.165) is 22.2 Å². The van der Waals surface area contributed by atoms with Crippen molar-refractivity contribution < 1.29 is 23.8 Å². The number of para-hydroxylation sites is 1. The molecule has 0 amide bonds. The Labute approximate surface area is 156 Å². The summed E-state index contributed by atoms with van der Waals surface area (Å²) in [5.41, 5.74) is 2.53. The van der Waals surface area contributed by atoms with Gasteiger partial charge in [-0.25, -0.2) is 9.78 Å². The van der Waals surface area contributed by atoms with Crippen molar-refractivity contribution in [3.05, 3.63) is 71.9 Å². The Hall–Kier alpha value is -3.41. The maximum absolute atomic E-state index is 11.7. The van der Waals surface area contributed by atoms with Crippen molar-refractivity contribution in [2.75, 3.05) is 13.7 Å². The van der Waals surface area contributed by atoms with Gasteiger partial charge in [0.25, 0.3) is 0 Å². The minimum Gasteiger partial charge on any atom is -0.487 e. The van der Waals surface area contributed by atoms with E-state index in [1.165, 1.54) is 7.11 Å². The minimum atomic E-state index is -0.589. The lowest BCUT2D eigenvalue weighted by Crippen LogP contribution is -2.16. The Kier molecular flexibility index (Phi) is 5.99. The summed E-state index contributed by atoms with van der Waals surface area (Å²) in [5.74, 6) is -0.402. The topological polar surface area (TPSA) is 74.7 Å². The number of aromatic nitrogens is 1. The summed E-state index contributed by atoms with van der Waals surface area (Å²) in [5, 5.41) is 1.09. The summed E-state index contributed by atoms with van der Waals surface area (Å²) >= 11 is 0. The molecule has 27 heavy (non-hydrogen) atoms. The summed E-state index contributed by atoms with van der Waals surface area (Å²) in [4.78, 5) is 27.2. The van der Waals surface area contributed by atoms with Gasteiger partial charge in [-0.05, 0) is 29.8 Å². The van der Waals surface area contributed by atoms with Crippen molar-refractivity contribution in [2.45, 2.75) is 13.0 Å². The third-order valence-corrected chi connectivity index (χ3v) is 3.89. The van der Waals surface area contributed by atoms with E-state index >= 15 is 0 Å². The number of hydrogen-bond acceptors (Lipinski definition) is 6. The van der Waals surface area contributed by atoms with E-state index in [9.17, 15) is 9.59 Å². The first kappa shape index (κ1) is 18.4. The molecule has 0 aliphatic rings. The lowest BCUT2D eigenvalue weighted by Gasteiger charge is -2.08. The average Bonchev–Trinajstić information content (AvgIpc) is 2.71. The number of rotatable bonds is 7. The van der Waals surface area contributed by atoms with E-state index in [2.05, 4.69) is 9.72 Å². The predicted molar refractivity (Wildman–Crippen MR) is 99.2 cm³/mol. The number of ether oxygens (including phenoxy) is 3. The van der Waals surface area contributed by atoms with Gasteiger partial charge in [0.05, 0.1) is 24.7 Å². The largest absolute Gasteiger partial charge is 0.487 e. The monoisotopic (exact) mass is 365 g/mol. The van der Waals surface area contributed by atoms with Gasteiger partial charge in [-0.3, -0.25) is 4.79 Å². The van der Waals surface area contributed by atoms with Gasteiger partial charge in [-0.1, -0.05) is 36.4 Å². The van der Waals surface area contributed by atoms with Crippen LogP contribution in [0.1, 0.15) is 11.3 Å². The average molecular weight is 365 g/mol. The molecular weight excluding hydrogens is 346 g/mol. The molecule has 0 unspecified atom stereocenters. The summed E-state index contributed by atoms with van der Waals surface area (Å²) < 4.78 is 15.0. The predicted octanol–water partition coefficient (Wildman–Crippen LogP) is 3.07. The number of esters is 2. The summed E-state index contributed by atoms with van der Waals surface area (Å²) in [6, 6.07) is 19.0. The van der Waals surface area contributed by atoms with Gasteiger partial charge in [-0.15, -0.1) is 0 Å². The van der Waals surface area contributed by atoms with Gasteiger partial charge in [0.2, 0.25) is 0 Å². The number of carbonyl (C=O) groups excluding carboxylic acids is 2. The molecule has 2 aromatic carbocycles. The molecule has 0 saturated carbocycles. The molecule has 0 bridgehead atoms. The Morgan fingerprint density at radius 2 is 1.70 bits per heavy atom. The molecule has 6 nitrogen and oxygen atoms in total. The van der Waals surface area contributed by atoms with Crippen LogP contribution >= 0.6 is 0 Å². The van der Waals surface area contributed by atoms with Gasteiger partial charge >= 0.3 is 11.9 Å². The molecule has 0 aliphatic carbocycles. The van der Waals surface area contributed by atoms with Crippen LogP contribution in [0.4, 0.5) is 0 Å². The Bertz CT molecular complexity index is 937. The molecule has 6 heteroatoms. The normalized spacial score (nSPS) is 10.4. The summed E-state index contributed by atoms with van der Waals surface area (Å²) in [6.45, 7) is -0.0271. The Balaban J connectivity index is 1.52. The molecule has 0 radical (unpaired) electrons. The van der Waals surface area contributed by atoms with Crippen LogP contribution in [0.2, 0.25) is 0 Å². The van der Waals surface area contributed by atoms with Crippen molar-refractivity contribution in [1.29, 1.82) is 0 Å². The van der Waals surface area contributed by atoms with Crippen LogP contribution in [-0.2, 0) is 32.1 Å². The van der Waals surface area contributed by atoms with Gasteiger partial charge < -0.3 is 14.2 Å². The molecule has 0 spiro atoms. The molecule has 0 aliphatic heterocycles. The summed E-state index contributed by atoms with van der Waals surface area (Å²) in [6.07, 6.45) is 0.0729. The highest BCUT2D eigenvalue weighted by molar-refractivity contribution is 5.78. The van der Waals surface area contributed by atoms with Crippen molar-refractivity contribution in [3.63, 3.8) is 0 Å². The highest BCUT2D eigenvalue weighted by atomic mass is 16.6. The zero-order valence-electron chi connectivity index (χ0n) is 14.9. The second-order valence-electron chi connectivity index (χ2n) is 5.84. The number of benzene rings is 2. The zero-order valence-corrected chi connectivity index (χ0v) is 14.9. The maximum atomic E-state index is 11.7. The fraction of sp³-hybridized carbons (Fsp3) is 0.190. The molecule has 0 N–H and O–H groups in total. The number of nitrogens with zero attached hydrogens (tertiary/aromatic N) is 1.